The Morgan fingerprint density at radius 3 is 2.65 bits per heavy atom. The summed E-state index contributed by atoms with van der Waals surface area (Å²) >= 11 is 3.10. The molecule has 0 radical (unpaired) electrons. The Hall–Kier alpha value is -1.51. The minimum Gasteiger partial charge on any atom is -0.381 e. The molecule has 0 unspecified atom stereocenters. The van der Waals surface area contributed by atoms with Crippen LogP contribution in [0.5, 0.6) is 0 Å². The largest absolute Gasteiger partial charge is 0.381 e. The van der Waals surface area contributed by atoms with Crippen molar-refractivity contribution in [3.8, 4) is 0 Å². The van der Waals surface area contributed by atoms with Gasteiger partial charge in [-0.3, -0.25) is 14.9 Å². The predicted molar refractivity (Wildman–Crippen MR) is 76.4 cm³/mol. The lowest BCUT2D eigenvalue weighted by Crippen LogP contribution is -2.54. The van der Waals surface area contributed by atoms with Crippen molar-refractivity contribution >= 4 is 33.2 Å². The Kier molecular flexibility index (Phi) is 4.36. The Morgan fingerprint density at radius 2 is 2.10 bits per heavy atom. The fourth-order valence-corrected chi connectivity index (χ4v) is 2.47. The normalized spacial score (nSPS) is 17.5. The molecule has 1 amide bonds. The summed E-state index contributed by atoms with van der Waals surface area (Å²) in [4.78, 5) is 22.4. The van der Waals surface area contributed by atoms with Gasteiger partial charge in [-0.15, -0.1) is 0 Å². The highest BCUT2D eigenvalue weighted by atomic mass is 79.9. The first-order valence-electron chi connectivity index (χ1n) is 6.04. The number of carbonyl (C=O) groups is 1. The third-order valence-electron chi connectivity index (χ3n) is 3.24. The lowest BCUT2D eigenvalue weighted by molar-refractivity contribution is -0.385. The van der Waals surface area contributed by atoms with E-state index in [0.29, 0.717) is 36.2 Å². The molecule has 1 aliphatic rings. The molecule has 8 heteroatoms. The van der Waals surface area contributed by atoms with Crippen LogP contribution in [0.25, 0.3) is 0 Å². The summed E-state index contributed by atoms with van der Waals surface area (Å²) < 4.78 is 5.49. The number of halogens is 1. The highest BCUT2D eigenvalue weighted by Crippen LogP contribution is 2.28. The molecule has 1 saturated heterocycles. The van der Waals surface area contributed by atoms with Crippen molar-refractivity contribution in [3.63, 3.8) is 0 Å². The van der Waals surface area contributed by atoms with Crippen LogP contribution in [0, 0.1) is 10.1 Å². The van der Waals surface area contributed by atoms with Crippen LogP contribution >= 0.6 is 15.9 Å². The quantitative estimate of drug-likeness (QED) is 0.642. The van der Waals surface area contributed by atoms with Crippen LogP contribution in [0.2, 0.25) is 0 Å². The average molecular weight is 344 g/mol. The van der Waals surface area contributed by atoms with E-state index in [0.717, 1.165) is 0 Å². The van der Waals surface area contributed by atoms with Crippen LogP contribution in [0.4, 0.5) is 11.4 Å². The Balaban J connectivity index is 2.12. The average Bonchev–Trinajstić information content (AvgIpc) is 2.39. The van der Waals surface area contributed by atoms with Crippen LogP contribution in [0.15, 0.2) is 22.7 Å². The van der Waals surface area contributed by atoms with E-state index in [1.54, 1.807) is 0 Å². The maximum Gasteiger partial charge on any atom is 0.283 e. The van der Waals surface area contributed by atoms with Gasteiger partial charge in [-0.2, -0.15) is 0 Å². The summed E-state index contributed by atoms with van der Waals surface area (Å²) in [7, 11) is 0. The number of rotatable bonds is 3. The van der Waals surface area contributed by atoms with Gasteiger partial charge in [0.15, 0.2) is 0 Å². The zero-order chi connectivity index (χ0) is 14.8. The standard InChI is InChI=1S/C12H14BrN3O4/c13-9-7-8(1-2-10(9)16(18)19)15-11(17)12(14)3-5-20-6-4-12/h1-2,7H,3-6,14H2,(H,15,17). The molecule has 1 heterocycles. The molecule has 0 bridgehead atoms. The Labute approximate surface area is 123 Å². The molecule has 2 rings (SSSR count). The minimum absolute atomic E-state index is 0.0588. The number of anilines is 1. The van der Waals surface area contributed by atoms with Gasteiger partial charge in [0.25, 0.3) is 5.69 Å². The second kappa shape index (κ2) is 5.86. The van der Waals surface area contributed by atoms with Crippen LogP contribution < -0.4 is 11.1 Å². The molecular formula is C12H14BrN3O4. The summed E-state index contributed by atoms with van der Waals surface area (Å²) in [6.07, 6.45) is 0.903. The van der Waals surface area contributed by atoms with Gasteiger partial charge in [-0.1, -0.05) is 0 Å². The van der Waals surface area contributed by atoms with Gasteiger partial charge in [0.1, 0.15) is 5.54 Å². The highest BCUT2D eigenvalue weighted by Gasteiger charge is 2.36. The zero-order valence-electron chi connectivity index (χ0n) is 10.6. The first-order chi connectivity index (χ1) is 9.42. The van der Waals surface area contributed by atoms with Crippen molar-refractivity contribution in [2.45, 2.75) is 18.4 Å². The summed E-state index contributed by atoms with van der Waals surface area (Å²) in [6.45, 7) is 0.905. The van der Waals surface area contributed by atoms with Crippen molar-refractivity contribution in [1.82, 2.24) is 0 Å². The van der Waals surface area contributed by atoms with Crippen LogP contribution in [0.3, 0.4) is 0 Å². The number of nitro benzene ring substituents is 1. The first-order valence-corrected chi connectivity index (χ1v) is 6.84. The smallest absolute Gasteiger partial charge is 0.283 e. The van der Waals surface area contributed by atoms with Crippen molar-refractivity contribution < 1.29 is 14.5 Å². The third kappa shape index (κ3) is 3.14. The van der Waals surface area contributed by atoms with E-state index < -0.39 is 10.5 Å². The molecule has 0 spiro atoms. The monoisotopic (exact) mass is 343 g/mol. The molecule has 3 N–H and O–H groups in total. The number of amides is 1. The van der Waals surface area contributed by atoms with Crippen LogP contribution in [0.1, 0.15) is 12.8 Å². The molecule has 108 valence electrons. The SMILES string of the molecule is NC1(C(=O)Nc2ccc([N+](=O)[O-])c(Br)c2)CCOCC1. The fraction of sp³-hybridized carbons (Fsp3) is 0.417. The van der Waals surface area contributed by atoms with E-state index in [2.05, 4.69) is 21.2 Å². The molecule has 7 nitrogen and oxygen atoms in total. The van der Waals surface area contributed by atoms with Crippen LogP contribution in [-0.4, -0.2) is 29.6 Å². The number of hydrogen-bond donors (Lipinski definition) is 2. The van der Waals surface area contributed by atoms with Crippen molar-refractivity contribution in [1.29, 1.82) is 0 Å². The molecule has 1 fully saturated rings. The maximum atomic E-state index is 12.2. The second-order valence-electron chi connectivity index (χ2n) is 4.65. The molecule has 1 aliphatic heterocycles. The number of nitro groups is 1. The van der Waals surface area contributed by atoms with E-state index in [-0.39, 0.29) is 11.6 Å². The number of carbonyl (C=O) groups excluding carboxylic acids is 1. The Morgan fingerprint density at radius 1 is 1.45 bits per heavy atom. The highest BCUT2D eigenvalue weighted by molar-refractivity contribution is 9.10. The van der Waals surface area contributed by atoms with Gasteiger partial charge in [0, 0.05) is 25.0 Å². The van der Waals surface area contributed by atoms with E-state index in [1.165, 1.54) is 18.2 Å². The van der Waals surface area contributed by atoms with E-state index in [1.807, 2.05) is 0 Å². The predicted octanol–water partition coefficient (Wildman–Crippen LogP) is 1.80. The molecule has 20 heavy (non-hydrogen) atoms. The van der Waals surface area contributed by atoms with Gasteiger partial charge in [0.2, 0.25) is 5.91 Å². The number of benzene rings is 1. The molecular weight excluding hydrogens is 330 g/mol. The fourth-order valence-electron chi connectivity index (χ4n) is 1.95. The molecule has 1 aromatic carbocycles. The summed E-state index contributed by atoms with van der Waals surface area (Å²) in [5.41, 5.74) is 5.51. The Bertz CT molecular complexity index is 544. The van der Waals surface area contributed by atoms with Gasteiger partial charge in [-0.25, -0.2) is 0 Å². The summed E-state index contributed by atoms with van der Waals surface area (Å²) in [5, 5.41) is 13.4. The van der Waals surface area contributed by atoms with Gasteiger partial charge in [-0.05, 0) is 40.9 Å². The summed E-state index contributed by atoms with van der Waals surface area (Å²) in [6, 6.07) is 4.29. The summed E-state index contributed by atoms with van der Waals surface area (Å²) in [5.74, 6) is -0.304. The zero-order valence-corrected chi connectivity index (χ0v) is 12.2. The molecule has 0 atom stereocenters. The van der Waals surface area contributed by atoms with Gasteiger partial charge in [0.05, 0.1) is 9.40 Å². The third-order valence-corrected chi connectivity index (χ3v) is 3.87. The van der Waals surface area contributed by atoms with E-state index in [9.17, 15) is 14.9 Å². The number of nitrogens with one attached hydrogen (secondary N) is 1. The minimum atomic E-state index is -0.952. The van der Waals surface area contributed by atoms with Crippen molar-refractivity contribution in [2.75, 3.05) is 18.5 Å². The van der Waals surface area contributed by atoms with Gasteiger partial charge >= 0.3 is 0 Å². The molecule has 0 saturated carbocycles. The number of hydrogen-bond acceptors (Lipinski definition) is 5. The topological polar surface area (TPSA) is 107 Å². The number of ether oxygens (including phenoxy) is 1. The van der Waals surface area contributed by atoms with Crippen molar-refractivity contribution in [2.24, 2.45) is 5.73 Å². The first kappa shape index (κ1) is 14.9. The second-order valence-corrected chi connectivity index (χ2v) is 5.50. The van der Waals surface area contributed by atoms with E-state index in [4.69, 9.17) is 10.5 Å². The number of nitrogens with zero attached hydrogens (tertiary/aromatic N) is 1. The number of nitrogens with two attached hydrogens (primary N) is 1. The lowest BCUT2D eigenvalue weighted by Gasteiger charge is -2.31. The molecule has 1 aromatic rings. The van der Waals surface area contributed by atoms with Crippen molar-refractivity contribution in [3.05, 3.63) is 32.8 Å². The molecule has 0 aliphatic carbocycles. The van der Waals surface area contributed by atoms with Crippen LogP contribution in [-0.2, 0) is 9.53 Å². The lowest BCUT2D eigenvalue weighted by atomic mass is 9.90. The maximum absolute atomic E-state index is 12.2. The molecule has 0 aromatic heterocycles. The van der Waals surface area contributed by atoms with E-state index >= 15 is 0 Å². The van der Waals surface area contributed by atoms with Gasteiger partial charge < -0.3 is 15.8 Å².